The van der Waals surface area contributed by atoms with Crippen LogP contribution in [0.2, 0.25) is 4.34 Å². The molecule has 1 saturated heterocycles. The molecule has 0 amide bonds. The minimum atomic E-state index is 0.871. The topological polar surface area (TPSA) is 12.0 Å². The lowest BCUT2D eigenvalue weighted by atomic mass is 10.1. The number of hydrogen-bond acceptors (Lipinski definition) is 3. The van der Waals surface area contributed by atoms with Crippen molar-refractivity contribution >= 4 is 34.7 Å². The number of rotatable bonds is 3. The number of halogens is 1. The molecule has 0 saturated carbocycles. The molecule has 0 aromatic carbocycles. The van der Waals surface area contributed by atoms with Crippen molar-refractivity contribution in [3.63, 3.8) is 0 Å². The summed E-state index contributed by atoms with van der Waals surface area (Å²) in [4.78, 5) is 0. The van der Waals surface area contributed by atoms with E-state index in [0.29, 0.717) is 0 Å². The molecule has 0 aliphatic carbocycles. The Kier molecular flexibility index (Phi) is 2.96. The Morgan fingerprint density at radius 3 is 2.92 bits per heavy atom. The average molecular weight is 220 g/mol. The van der Waals surface area contributed by atoms with Crippen molar-refractivity contribution in [2.24, 2.45) is 5.92 Å². The first kappa shape index (κ1) is 8.88. The van der Waals surface area contributed by atoms with Gasteiger partial charge in [0.25, 0.3) is 0 Å². The molecule has 1 N–H and O–H groups in total. The Morgan fingerprint density at radius 2 is 2.42 bits per heavy atom. The summed E-state index contributed by atoms with van der Waals surface area (Å²) in [5.41, 5.74) is 0. The summed E-state index contributed by atoms with van der Waals surface area (Å²) in [5, 5.41) is 3.27. The monoisotopic (exact) mass is 219 g/mol. The average Bonchev–Trinajstić information content (AvgIpc) is 2.32. The van der Waals surface area contributed by atoms with Gasteiger partial charge in [-0.15, -0.1) is 23.1 Å². The van der Waals surface area contributed by atoms with Gasteiger partial charge in [0.1, 0.15) is 0 Å². The maximum atomic E-state index is 5.82. The van der Waals surface area contributed by atoms with Gasteiger partial charge >= 0.3 is 0 Å². The van der Waals surface area contributed by atoms with Crippen LogP contribution in [0.15, 0.2) is 16.3 Å². The third-order valence-electron chi connectivity index (χ3n) is 1.88. The first-order valence-corrected chi connectivity index (χ1v) is 6.11. The standard InChI is InChI=1S/C8H10ClNS2/c9-7-1-2-8(12-7)11-5-6-3-10-4-6/h1-2,6,10H,3-5H2. The molecule has 2 heterocycles. The fourth-order valence-corrected chi connectivity index (χ4v) is 3.46. The maximum absolute atomic E-state index is 5.82. The second-order valence-electron chi connectivity index (χ2n) is 2.89. The molecule has 1 aliphatic heterocycles. The largest absolute Gasteiger partial charge is 0.316 e. The maximum Gasteiger partial charge on any atom is 0.0940 e. The summed E-state index contributed by atoms with van der Waals surface area (Å²) in [5.74, 6) is 2.10. The molecule has 0 atom stereocenters. The van der Waals surface area contributed by atoms with Gasteiger partial charge < -0.3 is 5.32 Å². The molecule has 1 aromatic rings. The molecule has 1 aromatic heterocycles. The molecule has 4 heteroatoms. The Hall–Kier alpha value is 0.300. The summed E-state index contributed by atoms with van der Waals surface area (Å²) < 4.78 is 2.23. The number of thioether (sulfide) groups is 1. The van der Waals surface area contributed by atoms with Crippen LogP contribution < -0.4 is 5.32 Å². The Labute approximate surface area is 85.5 Å². The van der Waals surface area contributed by atoms with Crippen molar-refractivity contribution in [1.82, 2.24) is 5.32 Å². The van der Waals surface area contributed by atoms with Crippen molar-refractivity contribution in [2.45, 2.75) is 4.21 Å². The lowest BCUT2D eigenvalue weighted by Gasteiger charge is -2.26. The third-order valence-corrected chi connectivity index (χ3v) is 4.56. The Morgan fingerprint density at radius 1 is 1.58 bits per heavy atom. The fraction of sp³-hybridized carbons (Fsp3) is 0.500. The third kappa shape index (κ3) is 2.16. The van der Waals surface area contributed by atoms with Crippen LogP contribution in [0.3, 0.4) is 0 Å². The number of nitrogens with one attached hydrogen (secondary N) is 1. The molecule has 2 rings (SSSR count). The number of hydrogen-bond donors (Lipinski definition) is 1. The van der Waals surface area contributed by atoms with Crippen LogP contribution in [-0.2, 0) is 0 Å². The highest BCUT2D eigenvalue weighted by molar-refractivity contribution is 8.01. The van der Waals surface area contributed by atoms with Gasteiger partial charge in [-0.2, -0.15) is 0 Å². The van der Waals surface area contributed by atoms with Gasteiger partial charge in [-0.05, 0) is 31.1 Å². The minimum Gasteiger partial charge on any atom is -0.316 e. The van der Waals surface area contributed by atoms with Gasteiger partial charge in [-0.25, -0.2) is 0 Å². The predicted octanol–water partition coefficient (Wildman–Crippen LogP) is 2.71. The van der Waals surface area contributed by atoms with Gasteiger partial charge in [-0.1, -0.05) is 11.6 Å². The van der Waals surface area contributed by atoms with E-state index in [1.165, 1.54) is 23.1 Å². The van der Waals surface area contributed by atoms with Crippen molar-refractivity contribution in [1.29, 1.82) is 0 Å². The molecule has 1 aliphatic rings. The lowest BCUT2D eigenvalue weighted by Crippen LogP contribution is -2.43. The van der Waals surface area contributed by atoms with E-state index in [1.54, 1.807) is 11.3 Å². The fourth-order valence-electron chi connectivity index (χ4n) is 1.04. The van der Waals surface area contributed by atoms with Crippen LogP contribution in [0.5, 0.6) is 0 Å². The highest BCUT2D eigenvalue weighted by atomic mass is 35.5. The highest BCUT2D eigenvalue weighted by Crippen LogP contribution is 2.31. The highest BCUT2D eigenvalue weighted by Gasteiger charge is 2.16. The van der Waals surface area contributed by atoms with Crippen molar-refractivity contribution in [3.8, 4) is 0 Å². The van der Waals surface area contributed by atoms with E-state index < -0.39 is 0 Å². The van der Waals surface area contributed by atoms with Crippen LogP contribution in [0.4, 0.5) is 0 Å². The minimum absolute atomic E-state index is 0.871. The first-order chi connectivity index (χ1) is 5.84. The van der Waals surface area contributed by atoms with Gasteiger partial charge in [0, 0.05) is 5.75 Å². The molecule has 66 valence electrons. The molecule has 1 fully saturated rings. The number of thiophene rings is 1. The molecular weight excluding hydrogens is 210 g/mol. The second kappa shape index (κ2) is 4.01. The zero-order valence-corrected chi connectivity index (χ0v) is 8.94. The Balaban J connectivity index is 1.79. The molecule has 0 bridgehead atoms. The lowest BCUT2D eigenvalue weighted by molar-refractivity contribution is 0.385. The summed E-state index contributed by atoms with van der Waals surface area (Å²) in [6.45, 7) is 2.37. The SMILES string of the molecule is Clc1ccc(SCC2CNC2)s1. The van der Waals surface area contributed by atoms with E-state index in [1.807, 2.05) is 17.8 Å². The van der Waals surface area contributed by atoms with E-state index in [9.17, 15) is 0 Å². The zero-order valence-electron chi connectivity index (χ0n) is 6.55. The normalized spacial score (nSPS) is 17.8. The van der Waals surface area contributed by atoms with Gasteiger partial charge in [0.2, 0.25) is 0 Å². The van der Waals surface area contributed by atoms with Crippen LogP contribution in [0.25, 0.3) is 0 Å². The molecule has 12 heavy (non-hydrogen) atoms. The molecule has 0 unspecified atom stereocenters. The summed E-state index contributed by atoms with van der Waals surface area (Å²) in [6, 6.07) is 4.07. The van der Waals surface area contributed by atoms with Crippen molar-refractivity contribution in [2.75, 3.05) is 18.8 Å². The van der Waals surface area contributed by atoms with E-state index in [2.05, 4.69) is 11.4 Å². The molecule has 0 spiro atoms. The van der Waals surface area contributed by atoms with Crippen LogP contribution >= 0.6 is 34.7 Å². The van der Waals surface area contributed by atoms with Crippen LogP contribution in [-0.4, -0.2) is 18.8 Å². The van der Waals surface area contributed by atoms with E-state index >= 15 is 0 Å². The summed E-state index contributed by atoms with van der Waals surface area (Å²) in [7, 11) is 0. The van der Waals surface area contributed by atoms with Gasteiger partial charge in [0.05, 0.1) is 8.55 Å². The van der Waals surface area contributed by atoms with Crippen LogP contribution in [0, 0.1) is 5.92 Å². The van der Waals surface area contributed by atoms with E-state index in [0.717, 1.165) is 10.3 Å². The zero-order chi connectivity index (χ0) is 8.39. The molecule has 0 radical (unpaired) electrons. The summed E-state index contributed by atoms with van der Waals surface area (Å²) in [6.07, 6.45) is 0. The predicted molar refractivity (Wildman–Crippen MR) is 56.4 cm³/mol. The summed E-state index contributed by atoms with van der Waals surface area (Å²) >= 11 is 9.41. The van der Waals surface area contributed by atoms with E-state index in [-0.39, 0.29) is 0 Å². The Bertz CT molecular complexity index is 257. The molecule has 1 nitrogen and oxygen atoms in total. The van der Waals surface area contributed by atoms with Gasteiger partial charge in [-0.3, -0.25) is 0 Å². The van der Waals surface area contributed by atoms with Crippen molar-refractivity contribution < 1.29 is 0 Å². The van der Waals surface area contributed by atoms with Crippen LogP contribution in [0.1, 0.15) is 0 Å². The smallest absolute Gasteiger partial charge is 0.0940 e. The molecular formula is C8H10ClNS2. The quantitative estimate of drug-likeness (QED) is 0.785. The van der Waals surface area contributed by atoms with E-state index in [4.69, 9.17) is 11.6 Å². The van der Waals surface area contributed by atoms with Gasteiger partial charge in [0.15, 0.2) is 0 Å². The second-order valence-corrected chi connectivity index (χ2v) is 5.93. The van der Waals surface area contributed by atoms with Crippen molar-refractivity contribution in [3.05, 3.63) is 16.5 Å². The first-order valence-electron chi connectivity index (χ1n) is 3.93.